The van der Waals surface area contributed by atoms with Gasteiger partial charge in [-0.15, -0.1) is 0 Å². The predicted octanol–water partition coefficient (Wildman–Crippen LogP) is 7.16. The van der Waals surface area contributed by atoms with Crippen molar-refractivity contribution in [2.45, 2.75) is 25.6 Å². The number of aromatic nitrogens is 1. The molecule has 17 heteroatoms. The van der Waals surface area contributed by atoms with Crippen molar-refractivity contribution >= 4 is 47.2 Å². The summed E-state index contributed by atoms with van der Waals surface area (Å²) in [6, 6.07) is 15.3. The molecule has 1 heterocycles. The molecule has 0 spiro atoms. The molecule has 1 aromatic heterocycles. The quantitative estimate of drug-likeness (QED) is 0.126. The second-order valence-electron chi connectivity index (χ2n) is 10.5. The smallest absolute Gasteiger partial charge is 0.412 e. The van der Waals surface area contributed by atoms with E-state index in [-0.39, 0.29) is 40.1 Å². The molecule has 0 saturated heterocycles. The molecular weight excluding hydrogens is 695 g/mol. The maximum atomic E-state index is 13.9. The van der Waals surface area contributed by atoms with Crippen molar-refractivity contribution in [3.8, 4) is 11.3 Å². The first kappa shape index (κ1) is 36.8. The zero-order valence-electron chi connectivity index (χ0n) is 25.8. The Hall–Kier alpha value is -5.02. The Bertz CT molecular complexity index is 1750. The second-order valence-corrected chi connectivity index (χ2v) is 11.2. The van der Waals surface area contributed by atoms with Crippen molar-refractivity contribution in [2.75, 3.05) is 32.1 Å². The Balaban J connectivity index is 1.47. The topological polar surface area (TPSA) is 129 Å². The molecule has 4 aromatic rings. The number of benzene rings is 3. The van der Waals surface area contributed by atoms with Crippen LogP contribution < -0.4 is 16.0 Å². The molecular formula is C32H30Cl2F4N6O5. The molecule has 0 aliphatic rings. The summed E-state index contributed by atoms with van der Waals surface area (Å²) in [5.41, 5.74) is 1.15. The van der Waals surface area contributed by atoms with E-state index in [0.717, 1.165) is 17.0 Å². The van der Waals surface area contributed by atoms with Crippen LogP contribution in [0.15, 0.2) is 77.3 Å². The third kappa shape index (κ3) is 10.5. The summed E-state index contributed by atoms with van der Waals surface area (Å²) in [5.74, 6) is -1.07. The van der Waals surface area contributed by atoms with Gasteiger partial charge in [-0.2, -0.15) is 0 Å². The molecule has 5 amide bonds. The van der Waals surface area contributed by atoms with Crippen molar-refractivity contribution in [3.05, 3.63) is 106 Å². The Labute approximate surface area is 288 Å². The lowest BCUT2D eigenvalue weighted by Crippen LogP contribution is -2.54. The average molecular weight is 726 g/mol. The number of hydrogen-bond acceptors (Lipinski definition) is 6. The Morgan fingerprint density at radius 3 is 2.04 bits per heavy atom. The lowest BCUT2D eigenvalue weighted by atomic mass is 10.2. The molecule has 0 radical (unpaired) electrons. The Morgan fingerprint density at radius 2 is 1.45 bits per heavy atom. The maximum absolute atomic E-state index is 13.9. The molecule has 4 rings (SSSR count). The molecule has 1 unspecified atom stereocenters. The minimum atomic E-state index is -2.99. The van der Waals surface area contributed by atoms with Gasteiger partial charge in [0.2, 0.25) is 0 Å². The zero-order chi connectivity index (χ0) is 35.5. The molecule has 0 fully saturated rings. The monoisotopic (exact) mass is 724 g/mol. The van der Waals surface area contributed by atoms with Crippen LogP contribution in [0.2, 0.25) is 10.0 Å². The highest BCUT2D eigenvalue weighted by molar-refractivity contribution is 6.31. The fourth-order valence-corrected chi connectivity index (χ4v) is 4.83. The van der Waals surface area contributed by atoms with Crippen LogP contribution in [-0.2, 0) is 17.8 Å². The zero-order valence-corrected chi connectivity index (χ0v) is 27.3. The fourth-order valence-electron chi connectivity index (χ4n) is 4.45. The Morgan fingerprint density at radius 1 is 0.857 bits per heavy atom. The molecule has 0 saturated carbocycles. The summed E-state index contributed by atoms with van der Waals surface area (Å²) in [6.45, 7) is -2.71. The van der Waals surface area contributed by atoms with Crippen LogP contribution >= 0.6 is 23.2 Å². The molecule has 1 atom stereocenters. The molecule has 0 aliphatic heterocycles. The number of likely N-dealkylation sites (N-methyl/N-ethyl adjacent to an activating group) is 1. The van der Waals surface area contributed by atoms with Crippen LogP contribution in [0.5, 0.6) is 0 Å². The van der Waals surface area contributed by atoms with Crippen LogP contribution in [0.3, 0.4) is 0 Å². The third-order valence-corrected chi connectivity index (χ3v) is 7.92. The first-order chi connectivity index (χ1) is 23.4. The SMILES string of the molecule is CN(C(=O)NCc1cccc(F)c1Cl)C(COC(=O)Nc1cc(-c2ccccc2)on1)CN(CC(F)F)C(=O)NCc1cccc(F)c1Cl. The summed E-state index contributed by atoms with van der Waals surface area (Å²) in [4.78, 5) is 40.7. The average Bonchev–Trinajstić information content (AvgIpc) is 3.55. The van der Waals surface area contributed by atoms with Crippen LogP contribution in [-0.4, -0.2) is 72.3 Å². The number of halogens is 6. The first-order valence-electron chi connectivity index (χ1n) is 14.6. The number of anilines is 1. The van der Waals surface area contributed by atoms with Gasteiger partial charge in [-0.05, 0) is 23.3 Å². The van der Waals surface area contributed by atoms with Crippen LogP contribution in [0, 0.1) is 11.6 Å². The molecule has 11 nitrogen and oxygen atoms in total. The molecule has 260 valence electrons. The number of carbonyl (C=O) groups excluding carboxylic acids is 3. The molecule has 0 bridgehead atoms. The third-order valence-electron chi connectivity index (χ3n) is 7.07. The van der Waals surface area contributed by atoms with Gasteiger partial charge in [0.15, 0.2) is 11.6 Å². The number of urea groups is 2. The highest BCUT2D eigenvalue weighted by atomic mass is 35.5. The van der Waals surface area contributed by atoms with Crippen LogP contribution in [0.1, 0.15) is 11.1 Å². The van der Waals surface area contributed by atoms with Gasteiger partial charge >= 0.3 is 18.2 Å². The standard InChI is InChI=1S/C32H30Cl2F4N6O5/c1-43(30(45)39-14-20-9-5-11-23(35)28(20)33)22(18-48-32(47)41-27-13-25(49-42-27)19-7-3-2-4-8-19)16-44(17-26(37)38)31(46)40-15-21-10-6-12-24(36)29(21)34/h2-13,22,26H,14-18H2,1H3,(H,39,45)(H,40,46)(H,41,42,47). The molecule has 3 aromatic carbocycles. The number of ether oxygens (including phenoxy) is 1. The van der Waals surface area contributed by atoms with Gasteiger partial charge in [0.25, 0.3) is 6.43 Å². The number of alkyl halides is 2. The predicted molar refractivity (Wildman–Crippen MR) is 173 cm³/mol. The van der Waals surface area contributed by atoms with Gasteiger partial charge in [0.05, 0.1) is 22.6 Å². The molecule has 49 heavy (non-hydrogen) atoms. The summed E-state index contributed by atoms with van der Waals surface area (Å²) < 4.78 is 65.6. The van der Waals surface area contributed by atoms with E-state index in [1.807, 2.05) is 6.07 Å². The Kier molecular flexibility index (Phi) is 13.1. The van der Waals surface area contributed by atoms with Gasteiger partial charge in [-0.25, -0.2) is 31.9 Å². The van der Waals surface area contributed by atoms with Crippen molar-refractivity contribution in [1.29, 1.82) is 0 Å². The number of hydrogen-bond donors (Lipinski definition) is 3. The van der Waals surface area contributed by atoms with Crippen LogP contribution in [0.25, 0.3) is 11.3 Å². The summed E-state index contributed by atoms with van der Waals surface area (Å²) in [6.07, 6.45) is -4.02. The van der Waals surface area contributed by atoms with Gasteiger partial charge < -0.3 is 29.7 Å². The lowest BCUT2D eigenvalue weighted by Gasteiger charge is -2.33. The van der Waals surface area contributed by atoms with Gasteiger partial charge in [-0.3, -0.25) is 5.32 Å². The molecule has 0 aliphatic carbocycles. The summed E-state index contributed by atoms with van der Waals surface area (Å²) in [5, 5.41) is 10.6. The summed E-state index contributed by atoms with van der Waals surface area (Å²) >= 11 is 11.9. The minimum absolute atomic E-state index is 0.00758. The van der Waals surface area contributed by atoms with Crippen molar-refractivity contribution < 1.29 is 41.2 Å². The maximum Gasteiger partial charge on any atom is 0.412 e. The number of nitrogens with one attached hydrogen (secondary N) is 3. The van der Waals surface area contributed by atoms with E-state index >= 15 is 0 Å². The highest BCUT2D eigenvalue weighted by Crippen LogP contribution is 2.23. The van der Waals surface area contributed by atoms with E-state index in [4.69, 9.17) is 32.5 Å². The van der Waals surface area contributed by atoms with Crippen LogP contribution in [0.4, 0.5) is 37.8 Å². The number of amides is 5. The van der Waals surface area contributed by atoms with Gasteiger partial charge in [0.1, 0.15) is 18.2 Å². The largest absolute Gasteiger partial charge is 0.447 e. The highest BCUT2D eigenvalue weighted by Gasteiger charge is 2.29. The van der Waals surface area contributed by atoms with E-state index in [0.29, 0.717) is 16.2 Å². The number of carbonyl (C=O) groups is 3. The normalized spacial score (nSPS) is 11.5. The first-order valence-corrected chi connectivity index (χ1v) is 15.3. The van der Waals surface area contributed by atoms with E-state index in [1.54, 1.807) is 24.3 Å². The van der Waals surface area contributed by atoms with E-state index in [9.17, 15) is 31.9 Å². The van der Waals surface area contributed by atoms with Gasteiger partial charge in [-0.1, -0.05) is 83.0 Å². The van der Waals surface area contributed by atoms with Crippen molar-refractivity contribution in [1.82, 2.24) is 25.6 Å². The fraction of sp³-hybridized carbons (Fsp3) is 0.250. The lowest BCUT2D eigenvalue weighted by molar-refractivity contribution is 0.0704. The van der Waals surface area contributed by atoms with E-state index in [1.165, 1.54) is 37.4 Å². The van der Waals surface area contributed by atoms with E-state index < -0.39 is 62.0 Å². The van der Waals surface area contributed by atoms with E-state index in [2.05, 4.69) is 21.1 Å². The van der Waals surface area contributed by atoms with Crippen molar-refractivity contribution in [2.24, 2.45) is 0 Å². The summed E-state index contributed by atoms with van der Waals surface area (Å²) in [7, 11) is 1.28. The number of rotatable bonds is 13. The minimum Gasteiger partial charge on any atom is -0.447 e. The van der Waals surface area contributed by atoms with Gasteiger partial charge in [0, 0.05) is 38.3 Å². The second kappa shape index (κ2) is 17.4. The van der Waals surface area contributed by atoms with Crippen molar-refractivity contribution in [3.63, 3.8) is 0 Å². The number of nitrogens with zero attached hydrogens (tertiary/aromatic N) is 3. The molecule has 3 N–H and O–H groups in total.